The molecule has 0 fully saturated rings. The van der Waals surface area contributed by atoms with E-state index in [1.54, 1.807) is 0 Å². The first-order valence-corrected chi connectivity index (χ1v) is 17.0. The van der Waals surface area contributed by atoms with Gasteiger partial charge in [0.05, 0.1) is 26.4 Å². The predicted octanol–water partition coefficient (Wildman–Crippen LogP) is 8.56. The van der Waals surface area contributed by atoms with Crippen molar-refractivity contribution in [1.82, 2.24) is 0 Å². The quantitative estimate of drug-likeness (QED) is 0.0771. The van der Waals surface area contributed by atoms with Crippen molar-refractivity contribution in [3.8, 4) is 0 Å². The molecule has 0 amide bonds. The van der Waals surface area contributed by atoms with Gasteiger partial charge < -0.3 is 20.4 Å². The maximum absolute atomic E-state index is 10.3. The van der Waals surface area contributed by atoms with E-state index in [2.05, 4.69) is 32.0 Å². The zero-order valence-corrected chi connectivity index (χ0v) is 26.5. The summed E-state index contributed by atoms with van der Waals surface area (Å²) in [7, 11) is 0. The fourth-order valence-corrected chi connectivity index (χ4v) is 6.15. The summed E-state index contributed by atoms with van der Waals surface area (Å²) in [5.41, 5.74) is 1.23. The molecule has 0 bridgehead atoms. The molecule has 0 radical (unpaired) electrons. The van der Waals surface area contributed by atoms with Gasteiger partial charge >= 0.3 is 0 Å². The largest absolute Gasteiger partial charge is 0.396 e. The van der Waals surface area contributed by atoms with Crippen molar-refractivity contribution >= 4 is 0 Å². The molecule has 0 saturated heterocycles. The maximum Gasteiger partial charge on any atom is 0.0512 e. The Hall–Kier alpha value is -0.940. The molecule has 40 heavy (non-hydrogen) atoms. The predicted molar refractivity (Wildman–Crippen MR) is 171 cm³/mol. The standard InChI is InChI=1S/C36H66O4/c1-3-5-7-9-11-13-15-17-19-24-35(29-37,30-38)27-33-22-21-23-34(26-33)28-36(31-39,32-40)25-20-18-16-14-12-10-8-6-4-2/h21-23,26,37-40H,3-20,24-25,27-32H2,1-2H3. The van der Waals surface area contributed by atoms with Crippen LogP contribution in [0.5, 0.6) is 0 Å². The van der Waals surface area contributed by atoms with Crippen LogP contribution in [0.25, 0.3) is 0 Å². The van der Waals surface area contributed by atoms with Crippen LogP contribution in [0.1, 0.15) is 153 Å². The van der Waals surface area contributed by atoms with Crippen LogP contribution in [0.3, 0.4) is 0 Å². The molecule has 0 unspecified atom stereocenters. The highest BCUT2D eigenvalue weighted by Gasteiger charge is 2.31. The van der Waals surface area contributed by atoms with E-state index in [4.69, 9.17) is 0 Å². The number of aliphatic hydroxyl groups excluding tert-OH is 4. The molecule has 0 aliphatic carbocycles. The highest BCUT2D eigenvalue weighted by molar-refractivity contribution is 5.26. The van der Waals surface area contributed by atoms with Gasteiger partial charge in [0.1, 0.15) is 0 Å². The van der Waals surface area contributed by atoms with Crippen LogP contribution in [-0.4, -0.2) is 46.9 Å². The minimum absolute atomic E-state index is 0.0133. The van der Waals surface area contributed by atoms with Crippen LogP contribution in [-0.2, 0) is 12.8 Å². The van der Waals surface area contributed by atoms with Gasteiger partial charge in [0.25, 0.3) is 0 Å². The van der Waals surface area contributed by atoms with Crippen molar-refractivity contribution in [3.05, 3.63) is 35.4 Å². The summed E-state index contributed by atoms with van der Waals surface area (Å²) < 4.78 is 0. The van der Waals surface area contributed by atoms with Crippen molar-refractivity contribution in [2.45, 2.75) is 155 Å². The smallest absolute Gasteiger partial charge is 0.0512 e. The van der Waals surface area contributed by atoms with Crippen molar-refractivity contribution in [1.29, 1.82) is 0 Å². The summed E-state index contributed by atoms with van der Waals surface area (Å²) in [4.78, 5) is 0. The second-order valence-corrected chi connectivity index (χ2v) is 13.0. The average molecular weight is 563 g/mol. The summed E-state index contributed by atoms with van der Waals surface area (Å²) in [5.74, 6) is 0. The highest BCUT2D eigenvalue weighted by Crippen LogP contribution is 2.32. The highest BCUT2D eigenvalue weighted by atomic mass is 16.3. The fourth-order valence-electron chi connectivity index (χ4n) is 6.15. The van der Waals surface area contributed by atoms with Gasteiger partial charge in [-0.15, -0.1) is 0 Å². The molecule has 4 heteroatoms. The van der Waals surface area contributed by atoms with Crippen molar-refractivity contribution < 1.29 is 20.4 Å². The molecule has 4 nitrogen and oxygen atoms in total. The summed E-state index contributed by atoms with van der Waals surface area (Å²) in [6.45, 7) is 4.45. The number of benzene rings is 1. The number of aliphatic hydroxyl groups is 4. The molecule has 234 valence electrons. The van der Waals surface area contributed by atoms with Gasteiger partial charge in [0, 0.05) is 10.8 Å². The Morgan fingerprint density at radius 2 is 0.750 bits per heavy atom. The SMILES string of the molecule is CCCCCCCCCCCC(CO)(CO)Cc1cccc(CC(CO)(CO)CCCCCCCCCCC)c1. The summed E-state index contributed by atoms with van der Waals surface area (Å²) in [6.07, 6.45) is 25.7. The van der Waals surface area contributed by atoms with Gasteiger partial charge in [-0.2, -0.15) is 0 Å². The molecule has 0 aromatic heterocycles. The lowest BCUT2D eigenvalue weighted by Gasteiger charge is -2.32. The van der Waals surface area contributed by atoms with Crippen LogP contribution in [0.4, 0.5) is 0 Å². The Bertz CT molecular complexity index is 641. The third kappa shape index (κ3) is 15.9. The Morgan fingerprint density at radius 1 is 0.450 bits per heavy atom. The molecule has 1 rings (SSSR count). The van der Waals surface area contributed by atoms with Gasteiger partial charge in [-0.25, -0.2) is 0 Å². The zero-order chi connectivity index (χ0) is 29.4. The molecule has 0 aliphatic rings. The van der Waals surface area contributed by atoms with Crippen molar-refractivity contribution in [2.75, 3.05) is 26.4 Å². The molecule has 0 heterocycles. The maximum atomic E-state index is 10.3. The summed E-state index contributed by atoms with van der Waals surface area (Å²) >= 11 is 0. The molecule has 0 atom stereocenters. The number of hydrogen-bond acceptors (Lipinski definition) is 4. The second kappa shape index (κ2) is 23.6. The minimum Gasteiger partial charge on any atom is -0.396 e. The molecular formula is C36H66O4. The molecule has 0 aliphatic heterocycles. The number of hydrogen-bond donors (Lipinski definition) is 4. The monoisotopic (exact) mass is 562 g/mol. The first-order chi connectivity index (χ1) is 19.5. The van der Waals surface area contributed by atoms with E-state index in [1.807, 2.05) is 6.07 Å². The summed E-state index contributed by atoms with van der Waals surface area (Å²) in [5, 5.41) is 41.1. The third-order valence-corrected chi connectivity index (χ3v) is 9.11. The first-order valence-electron chi connectivity index (χ1n) is 17.0. The molecular weight excluding hydrogens is 496 g/mol. The lowest BCUT2D eigenvalue weighted by atomic mass is 9.76. The lowest BCUT2D eigenvalue weighted by molar-refractivity contribution is 0.0438. The Labute approximate surface area is 248 Å². The minimum atomic E-state index is -0.499. The van der Waals surface area contributed by atoms with Crippen molar-refractivity contribution in [3.63, 3.8) is 0 Å². The van der Waals surface area contributed by atoms with E-state index in [0.29, 0.717) is 12.8 Å². The fraction of sp³-hybridized carbons (Fsp3) is 0.833. The van der Waals surface area contributed by atoms with Gasteiger partial charge in [-0.05, 0) is 36.8 Å². The van der Waals surface area contributed by atoms with Crippen LogP contribution in [0, 0.1) is 10.8 Å². The number of unbranched alkanes of at least 4 members (excludes halogenated alkanes) is 16. The molecule has 1 aromatic carbocycles. The van der Waals surface area contributed by atoms with Crippen LogP contribution in [0.2, 0.25) is 0 Å². The molecule has 4 N–H and O–H groups in total. The second-order valence-electron chi connectivity index (χ2n) is 13.0. The Morgan fingerprint density at radius 3 is 1.05 bits per heavy atom. The van der Waals surface area contributed by atoms with E-state index in [0.717, 1.165) is 49.7 Å². The number of rotatable bonds is 28. The Kier molecular flexibility index (Phi) is 21.9. The van der Waals surface area contributed by atoms with E-state index >= 15 is 0 Å². The average Bonchev–Trinajstić information content (AvgIpc) is 2.98. The van der Waals surface area contributed by atoms with Gasteiger partial charge in [-0.3, -0.25) is 0 Å². The topological polar surface area (TPSA) is 80.9 Å². The van der Waals surface area contributed by atoms with Crippen LogP contribution >= 0.6 is 0 Å². The normalized spacial score (nSPS) is 12.3. The molecule has 0 saturated carbocycles. The summed E-state index contributed by atoms with van der Waals surface area (Å²) in [6, 6.07) is 8.37. The third-order valence-electron chi connectivity index (χ3n) is 9.11. The van der Waals surface area contributed by atoms with Crippen LogP contribution < -0.4 is 0 Å². The van der Waals surface area contributed by atoms with E-state index in [-0.39, 0.29) is 26.4 Å². The van der Waals surface area contributed by atoms with Crippen molar-refractivity contribution in [2.24, 2.45) is 10.8 Å². The molecule has 1 aromatic rings. The van der Waals surface area contributed by atoms with Gasteiger partial charge in [-0.1, -0.05) is 154 Å². The Balaban J connectivity index is 2.57. The lowest BCUT2D eigenvalue weighted by Crippen LogP contribution is -2.33. The zero-order valence-electron chi connectivity index (χ0n) is 26.5. The first kappa shape index (κ1) is 37.1. The van der Waals surface area contributed by atoms with E-state index in [9.17, 15) is 20.4 Å². The van der Waals surface area contributed by atoms with Crippen LogP contribution in [0.15, 0.2) is 24.3 Å². The van der Waals surface area contributed by atoms with Gasteiger partial charge in [0.15, 0.2) is 0 Å². The van der Waals surface area contributed by atoms with E-state index < -0.39 is 10.8 Å². The van der Waals surface area contributed by atoms with E-state index in [1.165, 1.54) is 89.9 Å². The molecule has 0 spiro atoms. The van der Waals surface area contributed by atoms with Gasteiger partial charge in [0.2, 0.25) is 0 Å².